The monoisotopic (exact) mass is 415 g/mol. The Bertz CT molecular complexity index is 1060. The molecular weight excluding hydrogens is 394 g/mol. The fourth-order valence-electron chi connectivity index (χ4n) is 2.76. The van der Waals surface area contributed by atoms with Crippen molar-refractivity contribution in [3.63, 3.8) is 0 Å². The number of rotatable bonds is 7. The molecule has 3 N–H and O–H groups in total. The number of thiazole rings is 1. The predicted octanol–water partition coefficient (Wildman–Crippen LogP) is 2.66. The molecule has 1 heterocycles. The Morgan fingerprint density at radius 3 is 2.39 bits per heavy atom. The molecule has 0 radical (unpaired) electrons. The lowest BCUT2D eigenvalue weighted by Crippen LogP contribution is -2.25. The van der Waals surface area contributed by atoms with Crippen LogP contribution in [0.2, 0.25) is 0 Å². The highest BCUT2D eigenvalue weighted by molar-refractivity contribution is 7.89. The van der Waals surface area contributed by atoms with E-state index in [9.17, 15) is 13.2 Å². The Morgan fingerprint density at radius 1 is 1.07 bits per heavy atom. The summed E-state index contributed by atoms with van der Waals surface area (Å²) in [5.74, 6) is -0.143. The minimum absolute atomic E-state index is 0.0755. The molecule has 0 unspecified atom stereocenters. The molecule has 0 atom stereocenters. The van der Waals surface area contributed by atoms with Crippen molar-refractivity contribution in [2.24, 2.45) is 5.14 Å². The maximum Gasteiger partial charge on any atom is 0.263 e. The number of primary sulfonamides is 1. The minimum atomic E-state index is -3.69. The molecule has 3 rings (SSSR count). The number of nitrogens with two attached hydrogens (primary N) is 1. The van der Waals surface area contributed by atoms with Crippen LogP contribution in [0, 0.1) is 6.92 Å². The van der Waals surface area contributed by atoms with E-state index in [-0.39, 0.29) is 10.8 Å². The maximum atomic E-state index is 12.5. The van der Waals surface area contributed by atoms with E-state index in [0.29, 0.717) is 24.3 Å². The summed E-state index contributed by atoms with van der Waals surface area (Å²) in [5.41, 5.74) is 2.80. The van der Waals surface area contributed by atoms with Crippen LogP contribution in [0.25, 0.3) is 0 Å². The van der Waals surface area contributed by atoms with Gasteiger partial charge in [-0.25, -0.2) is 18.5 Å². The van der Waals surface area contributed by atoms with Crippen molar-refractivity contribution in [3.8, 4) is 0 Å². The molecule has 0 aliphatic heterocycles. The zero-order valence-corrected chi connectivity index (χ0v) is 17.0. The van der Waals surface area contributed by atoms with Crippen LogP contribution in [0.4, 0.5) is 0 Å². The molecule has 0 spiro atoms. The van der Waals surface area contributed by atoms with Gasteiger partial charge < -0.3 is 5.32 Å². The number of hydrogen-bond acceptors (Lipinski definition) is 5. The van der Waals surface area contributed by atoms with E-state index >= 15 is 0 Å². The first-order valence-corrected chi connectivity index (χ1v) is 11.1. The smallest absolute Gasteiger partial charge is 0.263 e. The first-order chi connectivity index (χ1) is 13.3. The van der Waals surface area contributed by atoms with E-state index < -0.39 is 10.0 Å². The second-order valence-electron chi connectivity index (χ2n) is 6.38. The highest BCUT2D eigenvalue weighted by Crippen LogP contribution is 2.21. The molecular formula is C20H21N3O3S2. The van der Waals surface area contributed by atoms with Gasteiger partial charge in [0.25, 0.3) is 5.91 Å². The topological polar surface area (TPSA) is 102 Å². The Hall–Kier alpha value is -2.55. The molecule has 1 amide bonds. The van der Waals surface area contributed by atoms with Crippen LogP contribution < -0.4 is 10.5 Å². The van der Waals surface area contributed by atoms with E-state index in [1.54, 1.807) is 12.1 Å². The lowest BCUT2D eigenvalue weighted by atomic mass is 10.1. The number of nitrogens with one attached hydrogen (secondary N) is 1. The van der Waals surface area contributed by atoms with Gasteiger partial charge >= 0.3 is 0 Å². The summed E-state index contributed by atoms with van der Waals surface area (Å²) in [6, 6.07) is 16.3. The molecule has 0 aliphatic carbocycles. The van der Waals surface area contributed by atoms with Crippen molar-refractivity contribution in [1.29, 1.82) is 0 Å². The van der Waals surface area contributed by atoms with Crippen LogP contribution in [0.5, 0.6) is 0 Å². The van der Waals surface area contributed by atoms with Crippen molar-refractivity contribution in [3.05, 3.63) is 81.3 Å². The molecule has 146 valence electrons. The summed E-state index contributed by atoms with van der Waals surface area (Å²) in [5, 5.41) is 8.89. The first kappa shape index (κ1) is 20.2. The Balaban J connectivity index is 1.56. The molecule has 0 saturated carbocycles. The first-order valence-electron chi connectivity index (χ1n) is 8.73. The van der Waals surface area contributed by atoms with Gasteiger partial charge in [-0.15, -0.1) is 11.3 Å². The number of amides is 1. The summed E-state index contributed by atoms with van der Waals surface area (Å²) in [6.07, 6.45) is 1.29. The van der Waals surface area contributed by atoms with Crippen molar-refractivity contribution >= 4 is 27.3 Å². The fraction of sp³-hybridized carbons (Fsp3) is 0.200. The number of carbonyl (C=O) groups is 1. The Morgan fingerprint density at radius 2 is 1.75 bits per heavy atom. The van der Waals surface area contributed by atoms with Crippen LogP contribution >= 0.6 is 11.3 Å². The molecule has 1 aromatic heterocycles. The van der Waals surface area contributed by atoms with Gasteiger partial charge in [0, 0.05) is 13.0 Å². The van der Waals surface area contributed by atoms with Gasteiger partial charge in [-0.3, -0.25) is 4.79 Å². The van der Waals surface area contributed by atoms with E-state index in [0.717, 1.165) is 21.8 Å². The van der Waals surface area contributed by atoms with Crippen molar-refractivity contribution < 1.29 is 13.2 Å². The largest absolute Gasteiger partial charge is 0.351 e. The third kappa shape index (κ3) is 5.25. The van der Waals surface area contributed by atoms with Crippen molar-refractivity contribution in [2.45, 2.75) is 24.7 Å². The third-order valence-corrected chi connectivity index (χ3v) is 6.28. The van der Waals surface area contributed by atoms with Gasteiger partial charge in [-0.05, 0) is 36.6 Å². The standard InChI is InChI=1S/C20H21N3O3S2/c1-14-19(27-18(23-14)13-16-5-3-2-4-6-16)20(24)22-12-11-15-7-9-17(10-8-15)28(21,25)26/h2-10H,11-13H2,1H3,(H,22,24)(H2,21,25,26). The summed E-state index contributed by atoms with van der Waals surface area (Å²) >= 11 is 1.41. The number of benzene rings is 2. The zero-order chi connectivity index (χ0) is 20.1. The van der Waals surface area contributed by atoms with Crippen molar-refractivity contribution in [2.75, 3.05) is 6.54 Å². The molecule has 28 heavy (non-hydrogen) atoms. The number of hydrogen-bond donors (Lipinski definition) is 2. The molecule has 0 fully saturated rings. The van der Waals surface area contributed by atoms with Crippen LogP contribution in [0.1, 0.15) is 31.5 Å². The normalized spacial score (nSPS) is 11.4. The lowest BCUT2D eigenvalue weighted by molar-refractivity contribution is 0.0957. The van der Waals surface area contributed by atoms with E-state index in [4.69, 9.17) is 5.14 Å². The molecule has 0 saturated heterocycles. The predicted molar refractivity (Wildman–Crippen MR) is 110 cm³/mol. The molecule has 0 bridgehead atoms. The van der Waals surface area contributed by atoms with Crippen LogP contribution in [-0.4, -0.2) is 25.9 Å². The highest BCUT2D eigenvalue weighted by Gasteiger charge is 2.15. The number of nitrogens with zero attached hydrogens (tertiary/aromatic N) is 1. The molecule has 2 aromatic carbocycles. The van der Waals surface area contributed by atoms with Crippen LogP contribution in [-0.2, 0) is 22.9 Å². The fourth-order valence-corrected chi connectivity index (χ4v) is 4.29. The van der Waals surface area contributed by atoms with Crippen LogP contribution in [0.15, 0.2) is 59.5 Å². The van der Waals surface area contributed by atoms with E-state index in [2.05, 4.69) is 10.3 Å². The molecule has 6 nitrogen and oxygen atoms in total. The van der Waals surface area contributed by atoms with E-state index in [1.165, 1.54) is 23.5 Å². The van der Waals surface area contributed by atoms with Gasteiger partial charge in [0.1, 0.15) is 4.88 Å². The Kier molecular flexibility index (Phi) is 6.23. The SMILES string of the molecule is Cc1nc(Cc2ccccc2)sc1C(=O)NCCc1ccc(S(N)(=O)=O)cc1. The summed E-state index contributed by atoms with van der Waals surface area (Å²) < 4.78 is 22.5. The average Bonchev–Trinajstić information content (AvgIpc) is 3.02. The van der Waals surface area contributed by atoms with Crippen LogP contribution in [0.3, 0.4) is 0 Å². The lowest BCUT2D eigenvalue weighted by Gasteiger charge is -2.05. The molecule has 3 aromatic rings. The van der Waals surface area contributed by atoms with Gasteiger partial charge in [-0.1, -0.05) is 42.5 Å². The number of sulfonamides is 1. The molecule has 8 heteroatoms. The number of carbonyl (C=O) groups excluding carboxylic acids is 1. The van der Waals surface area contributed by atoms with Gasteiger partial charge in [0.05, 0.1) is 15.6 Å². The maximum absolute atomic E-state index is 12.5. The summed E-state index contributed by atoms with van der Waals surface area (Å²) in [6.45, 7) is 2.28. The average molecular weight is 416 g/mol. The zero-order valence-electron chi connectivity index (χ0n) is 15.4. The van der Waals surface area contributed by atoms with E-state index in [1.807, 2.05) is 37.3 Å². The molecule has 0 aliphatic rings. The van der Waals surface area contributed by atoms with Gasteiger partial charge in [-0.2, -0.15) is 0 Å². The number of aryl methyl sites for hydroxylation is 1. The quantitative estimate of drug-likeness (QED) is 0.619. The second-order valence-corrected chi connectivity index (χ2v) is 9.02. The highest BCUT2D eigenvalue weighted by atomic mass is 32.2. The summed E-state index contributed by atoms with van der Waals surface area (Å²) in [7, 11) is -3.69. The van der Waals surface area contributed by atoms with Gasteiger partial charge in [0.15, 0.2) is 0 Å². The van der Waals surface area contributed by atoms with Gasteiger partial charge in [0.2, 0.25) is 10.0 Å². The minimum Gasteiger partial charge on any atom is -0.351 e. The third-order valence-electron chi connectivity index (χ3n) is 4.20. The number of aromatic nitrogens is 1. The second kappa shape index (κ2) is 8.64. The van der Waals surface area contributed by atoms with Crippen molar-refractivity contribution in [1.82, 2.24) is 10.3 Å². The summed E-state index contributed by atoms with van der Waals surface area (Å²) in [4.78, 5) is 17.7. The Labute approximate surface area is 168 Å².